The van der Waals surface area contributed by atoms with Crippen LogP contribution >= 0.6 is 35.6 Å². The maximum Gasteiger partial charge on any atom is 0.193 e. The normalized spacial score (nSPS) is 16.1. The molecular weight excluding hydrogens is 491 g/mol. The molecule has 1 aliphatic rings. The number of methoxy groups -OCH3 is 1. The van der Waals surface area contributed by atoms with E-state index in [0.29, 0.717) is 23.3 Å². The number of guanidine groups is 1. The Bertz CT molecular complexity index is 770. The van der Waals surface area contributed by atoms with Gasteiger partial charge in [-0.3, -0.25) is 9.89 Å². The van der Waals surface area contributed by atoms with Crippen LogP contribution in [-0.2, 0) is 4.74 Å². The molecule has 2 aromatic carbocycles. The fourth-order valence-corrected chi connectivity index (χ4v) is 3.37. The fraction of sp³-hybridized carbons (Fsp3) is 0.350. The van der Waals surface area contributed by atoms with Crippen LogP contribution in [0.2, 0.25) is 5.02 Å². The molecular formula is C20H26ClIN4O2. The summed E-state index contributed by atoms with van der Waals surface area (Å²) in [5.41, 5.74) is 8.10. The number of hydrogen-bond acceptors (Lipinski definition) is 4. The third kappa shape index (κ3) is 6.23. The van der Waals surface area contributed by atoms with Crippen molar-refractivity contribution in [1.29, 1.82) is 0 Å². The van der Waals surface area contributed by atoms with Crippen molar-refractivity contribution in [1.82, 2.24) is 4.90 Å². The Morgan fingerprint density at radius 3 is 2.61 bits per heavy atom. The number of rotatable bonds is 6. The summed E-state index contributed by atoms with van der Waals surface area (Å²) in [4.78, 5) is 6.96. The van der Waals surface area contributed by atoms with E-state index in [2.05, 4.69) is 27.3 Å². The number of nitrogens with zero attached hydrogens (tertiary/aromatic N) is 2. The minimum Gasteiger partial charge on any atom is -0.495 e. The quantitative estimate of drug-likeness (QED) is 0.347. The molecule has 2 aromatic rings. The molecule has 0 amide bonds. The van der Waals surface area contributed by atoms with Crippen molar-refractivity contribution in [2.24, 2.45) is 10.7 Å². The molecule has 152 valence electrons. The van der Waals surface area contributed by atoms with Gasteiger partial charge in [-0.25, -0.2) is 0 Å². The monoisotopic (exact) mass is 516 g/mol. The van der Waals surface area contributed by atoms with Crippen molar-refractivity contribution < 1.29 is 9.47 Å². The molecule has 1 saturated heterocycles. The van der Waals surface area contributed by atoms with Gasteiger partial charge in [0.2, 0.25) is 0 Å². The van der Waals surface area contributed by atoms with Crippen LogP contribution in [0.5, 0.6) is 5.75 Å². The fourth-order valence-electron chi connectivity index (χ4n) is 3.11. The highest BCUT2D eigenvalue weighted by Gasteiger charge is 2.22. The molecule has 0 radical (unpaired) electrons. The van der Waals surface area contributed by atoms with Crippen LogP contribution in [0.1, 0.15) is 11.6 Å². The van der Waals surface area contributed by atoms with E-state index in [9.17, 15) is 0 Å². The summed E-state index contributed by atoms with van der Waals surface area (Å²) in [7, 11) is 1.58. The average molecular weight is 517 g/mol. The third-order valence-corrected chi connectivity index (χ3v) is 4.82. The summed E-state index contributed by atoms with van der Waals surface area (Å²) < 4.78 is 10.6. The van der Waals surface area contributed by atoms with Crippen LogP contribution < -0.4 is 15.8 Å². The number of halogens is 2. The lowest BCUT2D eigenvalue weighted by Gasteiger charge is -2.34. The number of anilines is 1. The van der Waals surface area contributed by atoms with Crippen molar-refractivity contribution in [3.63, 3.8) is 0 Å². The predicted octanol–water partition coefficient (Wildman–Crippen LogP) is 3.77. The average Bonchev–Trinajstić information content (AvgIpc) is 2.70. The summed E-state index contributed by atoms with van der Waals surface area (Å²) in [6, 6.07) is 15.9. The van der Waals surface area contributed by atoms with Crippen molar-refractivity contribution in [3.05, 3.63) is 59.1 Å². The lowest BCUT2D eigenvalue weighted by Crippen LogP contribution is -2.40. The van der Waals surface area contributed by atoms with Crippen LogP contribution in [0.3, 0.4) is 0 Å². The van der Waals surface area contributed by atoms with Crippen molar-refractivity contribution in [2.45, 2.75) is 6.04 Å². The SMILES string of the molecule is COc1ccc(NC(N)=NCC(c2ccccc2)N2CCOCC2)cc1Cl.I. The van der Waals surface area contributed by atoms with Gasteiger partial charge in [0.25, 0.3) is 0 Å². The van der Waals surface area contributed by atoms with Gasteiger partial charge in [-0.2, -0.15) is 0 Å². The molecule has 3 N–H and O–H groups in total. The van der Waals surface area contributed by atoms with Crippen LogP contribution in [0.4, 0.5) is 5.69 Å². The van der Waals surface area contributed by atoms with E-state index >= 15 is 0 Å². The van der Waals surface area contributed by atoms with Gasteiger partial charge in [-0.05, 0) is 23.8 Å². The van der Waals surface area contributed by atoms with Crippen LogP contribution in [0.25, 0.3) is 0 Å². The molecule has 1 fully saturated rings. The van der Waals surface area contributed by atoms with Crippen LogP contribution in [-0.4, -0.2) is 50.8 Å². The van der Waals surface area contributed by atoms with E-state index in [0.717, 1.165) is 32.0 Å². The zero-order chi connectivity index (χ0) is 19.1. The first-order valence-corrected chi connectivity index (χ1v) is 9.32. The van der Waals surface area contributed by atoms with E-state index < -0.39 is 0 Å². The van der Waals surface area contributed by atoms with E-state index in [1.807, 2.05) is 24.3 Å². The minimum atomic E-state index is 0. The number of morpholine rings is 1. The predicted molar refractivity (Wildman–Crippen MR) is 125 cm³/mol. The molecule has 6 nitrogen and oxygen atoms in total. The second-order valence-electron chi connectivity index (χ2n) is 6.28. The summed E-state index contributed by atoms with van der Waals surface area (Å²) in [5, 5.41) is 3.61. The number of nitrogens with one attached hydrogen (secondary N) is 1. The minimum absolute atomic E-state index is 0. The zero-order valence-electron chi connectivity index (χ0n) is 15.8. The molecule has 0 saturated carbocycles. The van der Waals surface area contributed by atoms with Gasteiger partial charge in [0.15, 0.2) is 5.96 Å². The second kappa shape index (κ2) is 11.5. The molecule has 0 aromatic heterocycles. The van der Waals surface area contributed by atoms with E-state index in [1.165, 1.54) is 5.56 Å². The first kappa shape index (κ1) is 22.7. The summed E-state index contributed by atoms with van der Waals surface area (Å²) in [6.07, 6.45) is 0. The van der Waals surface area contributed by atoms with Gasteiger partial charge in [-0.15, -0.1) is 24.0 Å². The third-order valence-electron chi connectivity index (χ3n) is 4.53. The van der Waals surface area contributed by atoms with Crippen molar-refractivity contribution in [3.8, 4) is 5.75 Å². The van der Waals surface area contributed by atoms with Crippen molar-refractivity contribution in [2.75, 3.05) is 45.3 Å². The molecule has 0 bridgehead atoms. The highest BCUT2D eigenvalue weighted by molar-refractivity contribution is 14.0. The maximum absolute atomic E-state index is 6.16. The lowest BCUT2D eigenvalue weighted by molar-refractivity contribution is 0.0180. The first-order chi connectivity index (χ1) is 13.2. The molecule has 28 heavy (non-hydrogen) atoms. The number of ether oxygens (including phenoxy) is 2. The first-order valence-electron chi connectivity index (χ1n) is 8.94. The Labute approximate surface area is 188 Å². The molecule has 1 unspecified atom stereocenters. The van der Waals surface area contributed by atoms with Gasteiger partial charge < -0.3 is 20.5 Å². The Hall–Kier alpha value is -1.55. The summed E-state index contributed by atoms with van der Waals surface area (Å²) >= 11 is 6.16. The van der Waals surface area contributed by atoms with Gasteiger partial charge in [0, 0.05) is 18.8 Å². The van der Waals surface area contributed by atoms with Gasteiger partial charge in [-0.1, -0.05) is 41.9 Å². The van der Waals surface area contributed by atoms with Gasteiger partial charge in [0.05, 0.1) is 37.9 Å². The number of aliphatic imine (C=N–C) groups is 1. The van der Waals surface area contributed by atoms with E-state index in [-0.39, 0.29) is 30.0 Å². The lowest BCUT2D eigenvalue weighted by atomic mass is 10.1. The smallest absolute Gasteiger partial charge is 0.193 e. The summed E-state index contributed by atoms with van der Waals surface area (Å²) in [6.45, 7) is 3.82. The van der Waals surface area contributed by atoms with E-state index in [1.54, 1.807) is 19.2 Å². The Kier molecular flexibility index (Phi) is 9.30. The maximum atomic E-state index is 6.16. The Morgan fingerprint density at radius 2 is 1.96 bits per heavy atom. The standard InChI is InChI=1S/C20H25ClN4O2.HI/c1-26-19-8-7-16(13-17(19)21)24-20(22)23-14-18(15-5-3-2-4-6-15)25-9-11-27-12-10-25;/h2-8,13,18H,9-12,14H2,1H3,(H3,22,23,24);1H. The number of nitrogens with two attached hydrogens (primary N) is 1. The number of benzene rings is 2. The van der Waals surface area contributed by atoms with E-state index in [4.69, 9.17) is 26.8 Å². The van der Waals surface area contributed by atoms with Crippen molar-refractivity contribution >= 4 is 47.2 Å². The van der Waals surface area contributed by atoms with Gasteiger partial charge >= 0.3 is 0 Å². The zero-order valence-corrected chi connectivity index (χ0v) is 18.9. The van der Waals surface area contributed by atoms with Crippen LogP contribution in [0, 0.1) is 0 Å². The molecule has 0 aliphatic carbocycles. The Balaban J connectivity index is 0.00000280. The largest absolute Gasteiger partial charge is 0.495 e. The summed E-state index contributed by atoms with van der Waals surface area (Å²) in [5.74, 6) is 0.972. The second-order valence-corrected chi connectivity index (χ2v) is 6.68. The molecule has 8 heteroatoms. The molecule has 0 spiro atoms. The van der Waals surface area contributed by atoms with Gasteiger partial charge in [0.1, 0.15) is 5.75 Å². The molecule has 1 aliphatic heterocycles. The highest BCUT2D eigenvalue weighted by Crippen LogP contribution is 2.27. The molecule has 1 atom stereocenters. The topological polar surface area (TPSA) is 72.1 Å². The molecule has 3 rings (SSSR count). The molecule has 1 heterocycles. The highest BCUT2D eigenvalue weighted by atomic mass is 127. The van der Waals surface area contributed by atoms with Crippen LogP contribution in [0.15, 0.2) is 53.5 Å². The Morgan fingerprint density at radius 1 is 1.25 bits per heavy atom. The number of hydrogen-bond donors (Lipinski definition) is 2.